The van der Waals surface area contributed by atoms with Gasteiger partial charge in [-0.15, -0.1) is 0 Å². The quantitative estimate of drug-likeness (QED) is 0.661. The first-order chi connectivity index (χ1) is 9.06. The minimum absolute atomic E-state index is 0.560. The van der Waals surface area contributed by atoms with Crippen LogP contribution in [0.5, 0.6) is 0 Å². The number of halogens is 2. The van der Waals surface area contributed by atoms with Gasteiger partial charge in [0, 0.05) is 11.2 Å². The van der Waals surface area contributed by atoms with Crippen LogP contribution in [0.25, 0.3) is 16.9 Å². The van der Waals surface area contributed by atoms with E-state index in [1.165, 1.54) is 0 Å². The van der Waals surface area contributed by atoms with Gasteiger partial charge in [0.2, 0.25) is 0 Å². The van der Waals surface area contributed by atoms with Gasteiger partial charge in [0.05, 0.1) is 16.2 Å². The number of fused-ring (bicyclic) bond motifs is 1. The SMILES string of the molecule is Cc1ccc(-n2c(=S)[nH]c3cc(Cl)cnc32)cc1Cl. The molecule has 0 aliphatic carbocycles. The van der Waals surface area contributed by atoms with Crippen LogP contribution in [0, 0.1) is 11.7 Å². The van der Waals surface area contributed by atoms with Crippen LogP contribution in [0.1, 0.15) is 5.56 Å². The number of aromatic amines is 1. The van der Waals surface area contributed by atoms with Crippen molar-refractivity contribution in [1.29, 1.82) is 0 Å². The summed E-state index contributed by atoms with van der Waals surface area (Å²) in [6, 6.07) is 7.58. The Hall–Kier alpha value is -1.36. The standard InChI is InChI=1S/C13H9Cl2N3S/c1-7-2-3-9(5-10(7)15)18-12-11(17-13(18)19)4-8(14)6-16-12/h2-6H,1H3,(H,17,19). The highest BCUT2D eigenvalue weighted by atomic mass is 35.5. The fourth-order valence-corrected chi connectivity index (χ4v) is 2.56. The largest absolute Gasteiger partial charge is 0.329 e. The van der Waals surface area contributed by atoms with E-state index in [2.05, 4.69) is 9.97 Å². The summed E-state index contributed by atoms with van der Waals surface area (Å²) in [4.78, 5) is 7.41. The molecule has 2 aromatic heterocycles. The summed E-state index contributed by atoms with van der Waals surface area (Å²) in [5.74, 6) is 0. The lowest BCUT2D eigenvalue weighted by Gasteiger charge is -2.06. The van der Waals surface area contributed by atoms with E-state index < -0.39 is 0 Å². The number of nitrogens with one attached hydrogen (secondary N) is 1. The Bertz CT molecular complexity index is 836. The molecular weight excluding hydrogens is 301 g/mol. The molecule has 0 bridgehead atoms. The number of rotatable bonds is 1. The van der Waals surface area contributed by atoms with Gasteiger partial charge >= 0.3 is 0 Å². The van der Waals surface area contributed by atoms with Gasteiger partial charge in [-0.3, -0.25) is 4.57 Å². The average Bonchev–Trinajstić information content (AvgIpc) is 2.68. The van der Waals surface area contributed by atoms with Gasteiger partial charge < -0.3 is 4.98 Å². The molecule has 0 saturated carbocycles. The Kier molecular flexibility index (Phi) is 3.09. The Morgan fingerprint density at radius 2 is 2.05 bits per heavy atom. The second kappa shape index (κ2) is 4.63. The second-order valence-electron chi connectivity index (χ2n) is 4.22. The van der Waals surface area contributed by atoms with Gasteiger partial charge in [0.15, 0.2) is 10.4 Å². The number of pyridine rings is 1. The van der Waals surface area contributed by atoms with Gasteiger partial charge in [-0.2, -0.15) is 0 Å². The number of aromatic nitrogens is 3. The molecular formula is C13H9Cl2N3S. The van der Waals surface area contributed by atoms with Gasteiger partial charge in [-0.05, 0) is 42.9 Å². The maximum absolute atomic E-state index is 6.16. The van der Waals surface area contributed by atoms with Crippen LogP contribution in [-0.2, 0) is 0 Å². The molecule has 0 atom stereocenters. The molecule has 0 spiro atoms. The summed E-state index contributed by atoms with van der Waals surface area (Å²) in [6.07, 6.45) is 1.60. The van der Waals surface area contributed by atoms with Crippen LogP contribution in [0.15, 0.2) is 30.5 Å². The number of aryl methyl sites for hydroxylation is 1. The third-order valence-electron chi connectivity index (χ3n) is 2.90. The molecule has 0 aliphatic heterocycles. The molecule has 0 fully saturated rings. The molecule has 0 unspecified atom stereocenters. The van der Waals surface area contributed by atoms with E-state index >= 15 is 0 Å². The van der Waals surface area contributed by atoms with Gasteiger partial charge in [-0.1, -0.05) is 29.3 Å². The minimum atomic E-state index is 0.560. The van der Waals surface area contributed by atoms with Crippen molar-refractivity contribution in [3.63, 3.8) is 0 Å². The Labute approximate surface area is 124 Å². The molecule has 1 aromatic carbocycles. The summed E-state index contributed by atoms with van der Waals surface area (Å²) in [5, 5.41) is 1.26. The third kappa shape index (κ3) is 2.16. The zero-order chi connectivity index (χ0) is 13.6. The molecule has 0 aliphatic rings. The molecule has 3 nitrogen and oxygen atoms in total. The van der Waals surface area contributed by atoms with E-state index in [9.17, 15) is 0 Å². The highest BCUT2D eigenvalue weighted by Crippen LogP contribution is 2.24. The van der Waals surface area contributed by atoms with E-state index in [4.69, 9.17) is 35.4 Å². The Morgan fingerprint density at radius 1 is 1.26 bits per heavy atom. The van der Waals surface area contributed by atoms with Crippen LogP contribution in [0.3, 0.4) is 0 Å². The van der Waals surface area contributed by atoms with Gasteiger partial charge in [-0.25, -0.2) is 4.98 Å². The van der Waals surface area contributed by atoms with Crippen molar-refractivity contribution in [3.8, 4) is 5.69 Å². The Balaban J connectivity index is 2.32. The summed E-state index contributed by atoms with van der Waals surface area (Å²) in [6.45, 7) is 1.96. The number of hydrogen-bond acceptors (Lipinski definition) is 2. The van der Waals surface area contributed by atoms with E-state index in [0.29, 0.717) is 14.8 Å². The van der Waals surface area contributed by atoms with Crippen molar-refractivity contribution in [2.75, 3.05) is 0 Å². The minimum Gasteiger partial charge on any atom is -0.329 e. The summed E-state index contributed by atoms with van der Waals surface area (Å²) in [5.41, 5.74) is 3.43. The number of hydrogen-bond donors (Lipinski definition) is 1. The van der Waals surface area contributed by atoms with Crippen LogP contribution >= 0.6 is 35.4 Å². The van der Waals surface area contributed by atoms with Gasteiger partial charge in [0.1, 0.15) is 0 Å². The number of imidazole rings is 1. The molecule has 19 heavy (non-hydrogen) atoms. The van der Waals surface area contributed by atoms with E-state index in [1.54, 1.807) is 12.3 Å². The molecule has 96 valence electrons. The third-order valence-corrected chi connectivity index (χ3v) is 3.80. The van der Waals surface area contributed by atoms with Crippen LogP contribution < -0.4 is 0 Å². The molecule has 0 amide bonds. The molecule has 1 N–H and O–H groups in total. The number of benzene rings is 1. The van der Waals surface area contributed by atoms with Crippen molar-refractivity contribution in [1.82, 2.24) is 14.5 Å². The topological polar surface area (TPSA) is 33.6 Å². The highest BCUT2D eigenvalue weighted by Gasteiger charge is 2.09. The van der Waals surface area contributed by atoms with E-state index in [1.807, 2.05) is 29.7 Å². The van der Waals surface area contributed by atoms with Crippen molar-refractivity contribution >= 4 is 46.6 Å². The summed E-state index contributed by atoms with van der Waals surface area (Å²) >= 11 is 17.4. The lowest BCUT2D eigenvalue weighted by Crippen LogP contribution is -1.95. The van der Waals surface area contributed by atoms with E-state index in [0.717, 1.165) is 22.4 Å². The lowest BCUT2D eigenvalue weighted by molar-refractivity contribution is 1.04. The molecule has 6 heteroatoms. The first kappa shape index (κ1) is 12.7. The fraction of sp³-hybridized carbons (Fsp3) is 0.0769. The van der Waals surface area contributed by atoms with Crippen LogP contribution in [0.4, 0.5) is 0 Å². The number of H-pyrrole nitrogens is 1. The van der Waals surface area contributed by atoms with Crippen molar-refractivity contribution in [2.45, 2.75) is 6.92 Å². The molecule has 3 rings (SSSR count). The van der Waals surface area contributed by atoms with Crippen molar-refractivity contribution < 1.29 is 0 Å². The average molecular weight is 310 g/mol. The first-order valence-corrected chi connectivity index (χ1v) is 6.75. The predicted molar refractivity (Wildman–Crippen MR) is 81.0 cm³/mol. The summed E-state index contributed by atoms with van der Waals surface area (Å²) < 4.78 is 2.40. The molecule has 2 heterocycles. The molecule has 0 saturated heterocycles. The fourth-order valence-electron chi connectivity index (χ4n) is 1.93. The summed E-state index contributed by atoms with van der Waals surface area (Å²) in [7, 11) is 0. The maximum atomic E-state index is 6.16. The van der Waals surface area contributed by atoms with Crippen LogP contribution in [-0.4, -0.2) is 14.5 Å². The number of nitrogens with zero attached hydrogens (tertiary/aromatic N) is 2. The van der Waals surface area contributed by atoms with Gasteiger partial charge in [0.25, 0.3) is 0 Å². The predicted octanol–water partition coefficient (Wildman–Crippen LogP) is 4.70. The molecule has 0 radical (unpaired) electrons. The Morgan fingerprint density at radius 3 is 2.79 bits per heavy atom. The van der Waals surface area contributed by atoms with E-state index in [-0.39, 0.29) is 0 Å². The highest BCUT2D eigenvalue weighted by molar-refractivity contribution is 7.71. The molecule has 3 aromatic rings. The lowest BCUT2D eigenvalue weighted by atomic mass is 10.2. The normalized spacial score (nSPS) is 11.1. The van der Waals surface area contributed by atoms with Crippen molar-refractivity contribution in [3.05, 3.63) is 50.8 Å². The second-order valence-corrected chi connectivity index (χ2v) is 5.45. The maximum Gasteiger partial charge on any atom is 0.183 e. The zero-order valence-corrected chi connectivity index (χ0v) is 12.3. The monoisotopic (exact) mass is 309 g/mol. The zero-order valence-electron chi connectivity index (χ0n) is 9.95. The van der Waals surface area contributed by atoms with Crippen molar-refractivity contribution in [2.24, 2.45) is 0 Å². The smallest absolute Gasteiger partial charge is 0.183 e. The van der Waals surface area contributed by atoms with Crippen LogP contribution in [0.2, 0.25) is 10.0 Å². The first-order valence-electron chi connectivity index (χ1n) is 5.59.